The Morgan fingerprint density at radius 1 is 1.28 bits per heavy atom. The summed E-state index contributed by atoms with van der Waals surface area (Å²) in [4.78, 5) is 11.2. The van der Waals surface area contributed by atoms with E-state index >= 15 is 0 Å². The number of amides is 1. The third kappa shape index (κ3) is 3.08. The lowest BCUT2D eigenvalue weighted by Gasteiger charge is -2.23. The van der Waals surface area contributed by atoms with Crippen LogP contribution in [0.15, 0.2) is 29.2 Å². The van der Waals surface area contributed by atoms with Crippen molar-refractivity contribution in [2.45, 2.75) is 30.7 Å². The molecule has 1 aliphatic heterocycles. The molecule has 1 saturated heterocycles. The molecule has 1 fully saturated rings. The van der Waals surface area contributed by atoms with Crippen molar-refractivity contribution >= 4 is 15.9 Å². The van der Waals surface area contributed by atoms with Crippen LogP contribution in [-0.4, -0.2) is 26.9 Å². The average molecular weight is 268 g/mol. The van der Waals surface area contributed by atoms with Crippen LogP contribution in [0.4, 0.5) is 0 Å². The maximum absolute atomic E-state index is 12.1. The minimum Gasteiger partial charge on any atom is -0.355 e. The Labute approximate surface area is 107 Å². The van der Waals surface area contributed by atoms with Crippen LogP contribution in [0.2, 0.25) is 0 Å². The van der Waals surface area contributed by atoms with E-state index in [1.54, 1.807) is 24.3 Å². The average Bonchev–Trinajstić information content (AvgIpc) is 2.32. The van der Waals surface area contributed by atoms with Crippen LogP contribution < -0.4 is 10.0 Å². The van der Waals surface area contributed by atoms with Crippen molar-refractivity contribution in [3.63, 3.8) is 0 Å². The van der Waals surface area contributed by atoms with Gasteiger partial charge in [-0.1, -0.05) is 17.7 Å². The van der Waals surface area contributed by atoms with Crippen LogP contribution in [0, 0.1) is 6.92 Å². The number of carbonyl (C=O) groups is 1. The highest BCUT2D eigenvalue weighted by Gasteiger charge is 2.23. The van der Waals surface area contributed by atoms with E-state index in [-0.39, 0.29) is 16.8 Å². The molecule has 6 heteroatoms. The topological polar surface area (TPSA) is 75.3 Å². The molecule has 1 aromatic carbocycles. The minimum atomic E-state index is -3.50. The van der Waals surface area contributed by atoms with Gasteiger partial charge < -0.3 is 5.32 Å². The SMILES string of the molecule is Cc1ccc(S(=O)(=O)NC2CCC(=O)NC2)cc1. The van der Waals surface area contributed by atoms with E-state index in [9.17, 15) is 13.2 Å². The van der Waals surface area contributed by atoms with Gasteiger partial charge in [0.05, 0.1) is 4.90 Å². The molecule has 18 heavy (non-hydrogen) atoms. The lowest BCUT2D eigenvalue weighted by Crippen LogP contribution is -2.47. The van der Waals surface area contributed by atoms with Crippen molar-refractivity contribution in [2.75, 3.05) is 6.54 Å². The number of rotatable bonds is 3. The maximum Gasteiger partial charge on any atom is 0.240 e. The number of carbonyl (C=O) groups excluding carboxylic acids is 1. The van der Waals surface area contributed by atoms with E-state index < -0.39 is 10.0 Å². The molecule has 98 valence electrons. The Hall–Kier alpha value is -1.40. The first-order valence-electron chi connectivity index (χ1n) is 5.83. The van der Waals surface area contributed by atoms with E-state index in [2.05, 4.69) is 10.0 Å². The van der Waals surface area contributed by atoms with Crippen molar-refractivity contribution in [1.82, 2.24) is 10.0 Å². The van der Waals surface area contributed by atoms with Crippen LogP contribution in [0.5, 0.6) is 0 Å². The molecule has 1 heterocycles. The van der Waals surface area contributed by atoms with Crippen LogP contribution >= 0.6 is 0 Å². The minimum absolute atomic E-state index is 0.0271. The summed E-state index contributed by atoms with van der Waals surface area (Å²) in [6.07, 6.45) is 0.901. The third-order valence-electron chi connectivity index (χ3n) is 2.92. The number of hydrogen-bond donors (Lipinski definition) is 2. The van der Waals surface area contributed by atoms with Gasteiger partial charge in [-0.3, -0.25) is 4.79 Å². The number of sulfonamides is 1. The molecule has 0 aromatic heterocycles. The Morgan fingerprint density at radius 2 is 1.94 bits per heavy atom. The largest absolute Gasteiger partial charge is 0.355 e. The van der Waals surface area contributed by atoms with E-state index in [1.165, 1.54) is 0 Å². The molecule has 5 nitrogen and oxygen atoms in total. The van der Waals surface area contributed by atoms with Gasteiger partial charge in [0, 0.05) is 19.0 Å². The fraction of sp³-hybridized carbons (Fsp3) is 0.417. The van der Waals surface area contributed by atoms with Gasteiger partial charge in [0.15, 0.2) is 0 Å². The van der Waals surface area contributed by atoms with Crippen molar-refractivity contribution in [3.8, 4) is 0 Å². The van der Waals surface area contributed by atoms with Gasteiger partial charge in [0.25, 0.3) is 0 Å². The molecule has 2 N–H and O–H groups in total. The first-order chi connectivity index (χ1) is 8.47. The summed E-state index contributed by atoms with van der Waals surface area (Å²) in [6.45, 7) is 2.25. The normalized spacial score (nSPS) is 20.5. The van der Waals surface area contributed by atoms with Gasteiger partial charge >= 0.3 is 0 Å². The van der Waals surface area contributed by atoms with E-state index in [0.29, 0.717) is 19.4 Å². The summed E-state index contributed by atoms with van der Waals surface area (Å²) >= 11 is 0. The molecular formula is C12H16N2O3S. The monoisotopic (exact) mass is 268 g/mol. The van der Waals surface area contributed by atoms with Gasteiger partial charge in [-0.2, -0.15) is 0 Å². The van der Waals surface area contributed by atoms with Gasteiger partial charge in [0.2, 0.25) is 15.9 Å². The lowest BCUT2D eigenvalue weighted by molar-refractivity contribution is -0.122. The number of nitrogens with one attached hydrogen (secondary N) is 2. The molecule has 1 atom stereocenters. The first kappa shape index (κ1) is 13.0. The van der Waals surface area contributed by atoms with Crippen LogP contribution in [0.3, 0.4) is 0 Å². The van der Waals surface area contributed by atoms with Crippen molar-refractivity contribution in [3.05, 3.63) is 29.8 Å². The fourth-order valence-electron chi connectivity index (χ4n) is 1.84. The molecule has 1 unspecified atom stereocenters. The first-order valence-corrected chi connectivity index (χ1v) is 7.31. The second kappa shape index (κ2) is 5.07. The maximum atomic E-state index is 12.1. The molecule has 0 aliphatic carbocycles. The highest BCUT2D eigenvalue weighted by molar-refractivity contribution is 7.89. The predicted molar refractivity (Wildman–Crippen MR) is 67.5 cm³/mol. The summed E-state index contributed by atoms with van der Waals surface area (Å²) < 4.78 is 26.7. The van der Waals surface area contributed by atoms with E-state index in [4.69, 9.17) is 0 Å². The molecule has 1 aromatic rings. The summed E-state index contributed by atoms with van der Waals surface area (Å²) in [7, 11) is -3.50. The highest BCUT2D eigenvalue weighted by Crippen LogP contribution is 2.12. The molecule has 2 rings (SSSR count). The van der Waals surface area contributed by atoms with E-state index in [0.717, 1.165) is 5.56 Å². The Kier molecular flexibility index (Phi) is 3.68. The van der Waals surface area contributed by atoms with Gasteiger partial charge in [-0.15, -0.1) is 0 Å². The number of hydrogen-bond acceptors (Lipinski definition) is 3. The molecule has 0 bridgehead atoms. The zero-order valence-electron chi connectivity index (χ0n) is 10.1. The molecule has 0 radical (unpaired) electrons. The molecule has 1 amide bonds. The quantitative estimate of drug-likeness (QED) is 0.840. The van der Waals surface area contributed by atoms with E-state index in [1.807, 2.05) is 6.92 Å². The second-order valence-electron chi connectivity index (χ2n) is 4.47. The van der Waals surface area contributed by atoms with Crippen molar-refractivity contribution < 1.29 is 13.2 Å². The highest BCUT2D eigenvalue weighted by atomic mass is 32.2. The van der Waals surface area contributed by atoms with Crippen LogP contribution in [0.25, 0.3) is 0 Å². The zero-order valence-corrected chi connectivity index (χ0v) is 11.0. The molecule has 1 aliphatic rings. The second-order valence-corrected chi connectivity index (χ2v) is 6.19. The van der Waals surface area contributed by atoms with Gasteiger partial charge in [0.1, 0.15) is 0 Å². The molecule has 0 saturated carbocycles. The van der Waals surface area contributed by atoms with Crippen molar-refractivity contribution in [2.24, 2.45) is 0 Å². The summed E-state index contributed by atoms with van der Waals surface area (Å²) in [6, 6.07) is 6.46. The Bertz CT molecular complexity index is 527. The number of piperidine rings is 1. The predicted octanol–water partition coefficient (Wildman–Crippen LogP) is 0.552. The third-order valence-corrected chi connectivity index (χ3v) is 4.45. The molecule has 0 spiro atoms. The summed E-state index contributed by atoms with van der Waals surface area (Å²) in [5, 5.41) is 2.65. The van der Waals surface area contributed by atoms with Gasteiger partial charge in [-0.05, 0) is 25.5 Å². The Morgan fingerprint density at radius 3 is 2.50 bits per heavy atom. The lowest BCUT2D eigenvalue weighted by atomic mass is 10.1. The fourth-order valence-corrected chi connectivity index (χ4v) is 3.11. The molecular weight excluding hydrogens is 252 g/mol. The number of aryl methyl sites for hydroxylation is 1. The summed E-state index contributed by atoms with van der Waals surface area (Å²) in [5.41, 5.74) is 1.01. The van der Waals surface area contributed by atoms with Crippen LogP contribution in [-0.2, 0) is 14.8 Å². The van der Waals surface area contributed by atoms with Crippen molar-refractivity contribution in [1.29, 1.82) is 0 Å². The Balaban J connectivity index is 2.07. The standard InChI is InChI=1S/C12H16N2O3S/c1-9-2-5-11(6-3-9)18(16,17)14-10-4-7-12(15)13-8-10/h2-3,5-6,10,14H,4,7-8H2,1H3,(H,13,15). The van der Waals surface area contributed by atoms with Crippen LogP contribution in [0.1, 0.15) is 18.4 Å². The number of benzene rings is 1. The summed E-state index contributed by atoms with van der Waals surface area (Å²) in [5.74, 6) is -0.0271. The smallest absolute Gasteiger partial charge is 0.240 e. The van der Waals surface area contributed by atoms with Gasteiger partial charge in [-0.25, -0.2) is 13.1 Å². The zero-order chi connectivity index (χ0) is 13.2.